The quantitative estimate of drug-likeness (QED) is 0.487. The summed E-state index contributed by atoms with van der Waals surface area (Å²) in [6.07, 6.45) is 2.07. The number of benzene rings is 1. The lowest BCUT2D eigenvalue weighted by Crippen LogP contribution is -2.34. The van der Waals surface area contributed by atoms with Crippen molar-refractivity contribution in [3.05, 3.63) is 36.9 Å². The molecule has 0 aliphatic rings. The molecule has 8 heteroatoms. The molecule has 1 atom stereocenters. The van der Waals surface area contributed by atoms with Crippen molar-refractivity contribution in [2.75, 3.05) is 20.7 Å². The molecule has 1 aromatic heterocycles. The maximum atomic E-state index is 12.5. The molecule has 0 aliphatic heterocycles. The molecule has 0 bridgehead atoms. The number of para-hydroxylation sites is 1. The van der Waals surface area contributed by atoms with Gasteiger partial charge < -0.3 is 9.64 Å². The average molecular weight is 385 g/mol. The Morgan fingerprint density at radius 2 is 2.22 bits per heavy atom. The second kappa shape index (κ2) is 9.78. The summed E-state index contributed by atoms with van der Waals surface area (Å²) in [6, 6.07) is 9.64. The number of allylic oxidation sites excluding steroid dienone is 1. The first-order valence-electron chi connectivity index (χ1n) is 8.49. The van der Waals surface area contributed by atoms with E-state index in [0.717, 1.165) is 5.56 Å². The van der Waals surface area contributed by atoms with E-state index in [1.807, 2.05) is 35.8 Å². The number of amides is 1. The molecule has 1 amide bonds. The fourth-order valence-electron chi connectivity index (χ4n) is 2.54. The van der Waals surface area contributed by atoms with E-state index >= 15 is 0 Å². The third-order valence-corrected chi connectivity index (χ3v) is 5.01. The lowest BCUT2D eigenvalue weighted by Gasteiger charge is -2.20. The number of hydrogen-bond donors (Lipinski definition) is 0. The van der Waals surface area contributed by atoms with Gasteiger partial charge in [-0.2, -0.15) is 5.26 Å². The maximum absolute atomic E-state index is 12.5. The molecule has 2 rings (SSSR count). The number of hydrogen-bond acceptors (Lipinski definition) is 6. The highest BCUT2D eigenvalue weighted by atomic mass is 32.2. The number of nitriles is 1. The van der Waals surface area contributed by atoms with Crippen LogP contribution in [-0.2, 0) is 11.3 Å². The van der Waals surface area contributed by atoms with Crippen LogP contribution in [0.2, 0.25) is 0 Å². The van der Waals surface area contributed by atoms with Crippen LogP contribution in [0.5, 0.6) is 5.75 Å². The lowest BCUT2D eigenvalue weighted by atomic mass is 10.2. The molecular formula is C19H23N5O2S. The second-order valence-corrected chi connectivity index (χ2v) is 7.14. The second-order valence-electron chi connectivity index (χ2n) is 5.83. The summed E-state index contributed by atoms with van der Waals surface area (Å²) in [5.74, 6) is 1.31. The lowest BCUT2D eigenvalue weighted by molar-refractivity contribution is -0.128. The smallest absolute Gasteiger partial charge is 0.235 e. The largest absolute Gasteiger partial charge is 0.496 e. The molecule has 2 aromatic rings. The first-order valence-corrected chi connectivity index (χ1v) is 9.37. The van der Waals surface area contributed by atoms with E-state index in [1.54, 1.807) is 25.1 Å². The van der Waals surface area contributed by atoms with Gasteiger partial charge in [-0.15, -0.1) is 16.8 Å². The van der Waals surface area contributed by atoms with E-state index in [1.165, 1.54) is 11.8 Å². The maximum Gasteiger partial charge on any atom is 0.235 e. The summed E-state index contributed by atoms with van der Waals surface area (Å²) in [6.45, 7) is 6.55. The Hall–Kier alpha value is -2.79. The first kappa shape index (κ1) is 20.5. The molecule has 0 N–H and O–H groups in total. The molecule has 0 saturated heterocycles. The van der Waals surface area contributed by atoms with Crippen LogP contribution in [0.25, 0.3) is 11.4 Å². The SMILES string of the molecule is C=CCn1c(S[C@@H](C)C(=O)N(C)CCC#N)nnc1-c1ccccc1OC. The molecule has 0 aliphatic carbocycles. The number of ether oxygens (including phenoxy) is 1. The molecule has 0 radical (unpaired) electrons. The summed E-state index contributed by atoms with van der Waals surface area (Å²) >= 11 is 1.34. The third kappa shape index (κ3) is 4.89. The van der Waals surface area contributed by atoms with Crippen LogP contribution < -0.4 is 4.74 Å². The fraction of sp³-hybridized carbons (Fsp3) is 0.368. The number of carbonyl (C=O) groups excluding carboxylic acids is 1. The Morgan fingerprint density at radius 3 is 2.89 bits per heavy atom. The average Bonchev–Trinajstić information content (AvgIpc) is 3.07. The van der Waals surface area contributed by atoms with E-state index in [9.17, 15) is 4.79 Å². The van der Waals surface area contributed by atoms with Crippen molar-refractivity contribution in [1.82, 2.24) is 19.7 Å². The monoisotopic (exact) mass is 385 g/mol. The van der Waals surface area contributed by atoms with Crippen LogP contribution in [0, 0.1) is 11.3 Å². The Morgan fingerprint density at radius 1 is 1.48 bits per heavy atom. The summed E-state index contributed by atoms with van der Waals surface area (Å²) in [7, 11) is 3.31. The van der Waals surface area contributed by atoms with Gasteiger partial charge in [0.15, 0.2) is 11.0 Å². The van der Waals surface area contributed by atoms with Crippen molar-refractivity contribution in [2.45, 2.75) is 30.3 Å². The molecule has 0 saturated carbocycles. The van der Waals surface area contributed by atoms with E-state index in [4.69, 9.17) is 10.00 Å². The van der Waals surface area contributed by atoms with E-state index in [-0.39, 0.29) is 11.2 Å². The van der Waals surface area contributed by atoms with E-state index in [0.29, 0.717) is 36.2 Å². The summed E-state index contributed by atoms with van der Waals surface area (Å²) in [5.41, 5.74) is 0.825. The van der Waals surface area contributed by atoms with Crippen LogP contribution in [-0.4, -0.2) is 51.5 Å². The van der Waals surface area contributed by atoms with Gasteiger partial charge in [-0.3, -0.25) is 9.36 Å². The van der Waals surface area contributed by atoms with Crippen molar-refractivity contribution in [2.24, 2.45) is 0 Å². The van der Waals surface area contributed by atoms with Crippen molar-refractivity contribution in [3.63, 3.8) is 0 Å². The molecule has 0 fully saturated rings. The van der Waals surface area contributed by atoms with E-state index in [2.05, 4.69) is 22.8 Å². The van der Waals surface area contributed by atoms with Crippen LogP contribution >= 0.6 is 11.8 Å². The normalized spacial score (nSPS) is 11.5. The van der Waals surface area contributed by atoms with Gasteiger partial charge in [0, 0.05) is 20.1 Å². The number of carbonyl (C=O) groups is 1. The standard InChI is InChI=1S/C19H23N5O2S/c1-5-12-24-17(15-9-6-7-10-16(15)26-4)21-22-19(24)27-14(2)18(25)23(3)13-8-11-20/h5-7,9-10,14H,1,8,12-13H2,2-4H3/t14-/m0/s1. The molecule has 0 spiro atoms. The highest BCUT2D eigenvalue weighted by Crippen LogP contribution is 2.32. The minimum atomic E-state index is -0.355. The van der Waals surface area contributed by atoms with E-state index < -0.39 is 0 Å². The minimum Gasteiger partial charge on any atom is -0.496 e. The first-order chi connectivity index (χ1) is 13.0. The Balaban J connectivity index is 2.28. The van der Waals surface area contributed by atoms with Gasteiger partial charge in [-0.1, -0.05) is 30.0 Å². The highest BCUT2D eigenvalue weighted by Gasteiger charge is 2.23. The van der Waals surface area contributed by atoms with Gasteiger partial charge >= 0.3 is 0 Å². The number of rotatable bonds is 9. The Labute approximate surface area is 163 Å². The summed E-state index contributed by atoms with van der Waals surface area (Å²) < 4.78 is 7.34. The van der Waals surface area contributed by atoms with Gasteiger partial charge in [-0.05, 0) is 19.1 Å². The van der Waals surface area contributed by atoms with Gasteiger partial charge in [0.25, 0.3) is 0 Å². The number of aromatic nitrogens is 3. The van der Waals surface area contributed by atoms with Crippen LogP contribution in [0.3, 0.4) is 0 Å². The van der Waals surface area contributed by atoms with Crippen molar-refractivity contribution in [3.8, 4) is 23.2 Å². The van der Waals surface area contributed by atoms with Crippen molar-refractivity contribution >= 4 is 17.7 Å². The molecule has 142 valence electrons. The summed E-state index contributed by atoms with van der Waals surface area (Å²) in [4.78, 5) is 14.1. The zero-order valence-corrected chi connectivity index (χ0v) is 16.6. The van der Waals surface area contributed by atoms with Gasteiger partial charge in [0.05, 0.1) is 30.4 Å². The van der Waals surface area contributed by atoms with Crippen molar-refractivity contribution in [1.29, 1.82) is 5.26 Å². The zero-order valence-electron chi connectivity index (χ0n) is 15.8. The molecule has 1 heterocycles. The van der Waals surface area contributed by atoms with Crippen molar-refractivity contribution < 1.29 is 9.53 Å². The fourth-order valence-corrected chi connectivity index (χ4v) is 3.52. The minimum absolute atomic E-state index is 0.0535. The topological polar surface area (TPSA) is 84.0 Å². The highest BCUT2D eigenvalue weighted by molar-refractivity contribution is 8.00. The molecule has 0 unspecified atom stereocenters. The Kier molecular flexibility index (Phi) is 7.44. The van der Waals surface area contributed by atoms with Gasteiger partial charge in [-0.25, -0.2) is 0 Å². The summed E-state index contributed by atoms with van der Waals surface area (Å²) in [5, 5.41) is 17.6. The van der Waals surface area contributed by atoms with Gasteiger partial charge in [0.1, 0.15) is 5.75 Å². The predicted molar refractivity (Wildman–Crippen MR) is 105 cm³/mol. The molecular weight excluding hydrogens is 362 g/mol. The predicted octanol–water partition coefficient (Wildman–Crippen LogP) is 2.99. The van der Waals surface area contributed by atoms with Crippen LogP contribution in [0.4, 0.5) is 0 Å². The number of methoxy groups -OCH3 is 1. The third-order valence-electron chi connectivity index (χ3n) is 3.94. The number of nitrogens with zero attached hydrogens (tertiary/aromatic N) is 5. The van der Waals surface area contributed by atoms with Crippen LogP contribution in [0.1, 0.15) is 13.3 Å². The molecule has 7 nitrogen and oxygen atoms in total. The Bertz CT molecular complexity index is 843. The molecule has 1 aromatic carbocycles. The van der Waals surface area contributed by atoms with Crippen LogP contribution in [0.15, 0.2) is 42.1 Å². The van der Waals surface area contributed by atoms with Gasteiger partial charge in [0.2, 0.25) is 5.91 Å². The zero-order chi connectivity index (χ0) is 19.8. The number of thioether (sulfide) groups is 1. The molecule has 27 heavy (non-hydrogen) atoms.